The number of amides is 1. The van der Waals surface area contributed by atoms with Gasteiger partial charge in [-0.2, -0.15) is 0 Å². The summed E-state index contributed by atoms with van der Waals surface area (Å²) >= 11 is 0. The molecule has 0 unspecified atom stereocenters. The van der Waals surface area contributed by atoms with E-state index in [0.29, 0.717) is 30.9 Å². The van der Waals surface area contributed by atoms with E-state index in [1.165, 1.54) is 0 Å². The lowest BCUT2D eigenvalue weighted by molar-refractivity contribution is -0.132. The summed E-state index contributed by atoms with van der Waals surface area (Å²) in [5, 5.41) is 0. The minimum absolute atomic E-state index is 0.0536. The van der Waals surface area contributed by atoms with Gasteiger partial charge in [-0.3, -0.25) is 9.59 Å². The van der Waals surface area contributed by atoms with E-state index in [9.17, 15) is 9.59 Å². The molecule has 0 aliphatic carbocycles. The Morgan fingerprint density at radius 3 is 2.35 bits per heavy atom. The van der Waals surface area contributed by atoms with Crippen LogP contribution in [0.4, 0.5) is 0 Å². The Labute approximate surface area is 154 Å². The molecule has 2 aromatic carbocycles. The molecule has 0 bridgehead atoms. The summed E-state index contributed by atoms with van der Waals surface area (Å²) in [6, 6.07) is 14.6. The Bertz CT molecular complexity index is 740. The molecule has 1 amide bonds. The first-order valence-electron chi connectivity index (χ1n) is 8.69. The van der Waals surface area contributed by atoms with E-state index in [2.05, 4.69) is 0 Å². The summed E-state index contributed by atoms with van der Waals surface area (Å²) in [6.45, 7) is 4.64. The standard InChI is InChI=1S/C21H25NO4/c1-4-19(23)17-9-11-18(12-10-17)26-15-21(24)22(3)13-14-25-20-8-6-5-7-16(20)2/h5-12H,4,13-15H2,1-3H3. The lowest BCUT2D eigenvalue weighted by atomic mass is 10.1. The van der Waals surface area contributed by atoms with Crippen molar-refractivity contribution < 1.29 is 19.1 Å². The van der Waals surface area contributed by atoms with Crippen molar-refractivity contribution in [3.63, 3.8) is 0 Å². The number of likely N-dealkylation sites (N-methyl/N-ethyl adjacent to an activating group) is 1. The van der Waals surface area contributed by atoms with Crippen molar-refractivity contribution >= 4 is 11.7 Å². The van der Waals surface area contributed by atoms with E-state index in [0.717, 1.165) is 11.3 Å². The lowest BCUT2D eigenvalue weighted by Crippen LogP contribution is -2.34. The van der Waals surface area contributed by atoms with Crippen LogP contribution in [0.5, 0.6) is 11.5 Å². The summed E-state index contributed by atoms with van der Waals surface area (Å²) < 4.78 is 11.2. The molecule has 0 radical (unpaired) electrons. The van der Waals surface area contributed by atoms with Crippen LogP contribution in [0.25, 0.3) is 0 Å². The van der Waals surface area contributed by atoms with Crippen molar-refractivity contribution in [2.24, 2.45) is 0 Å². The summed E-state index contributed by atoms with van der Waals surface area (Å²) in [5.74, 6) is 1.34. The third-order valence-electron chi connectivity index (χ3n) is 4.06. The van der Waals surface area contributed by atoms with Crippen LogP contribution in [0.1, 0.15) is 29.3 Å². The van der Waals surface area contributed by atoms with E-state index in [-0.39, 0.29) is 18.3 Å². The van der Waals surface area contributed by atoms with Crippen LogP contribution in [-0.4, -0.2) is 43.4 Å². The Morgan fingerprint density at radius 1 is 1.00 bits per heavy atom. The zero-order valence-corrected chi connectivity index (χ0v) is 15.5. The quantitative estimate of drug-likeness (QED) is 0.646. The van der Waals surface area contributed by atoms with Crippen molar-refractivity contribution in [1.29, 1.82) is 0 Å². The van der Waals surface area contributed by atoms with Gasteiger partial charge in [-0.15, -0.1) is 0 Å². The Hall–Kier alpha value is -2.82. The van der Waals surface area contributed by atoms with Gasteiger partial charge in [0, 0.05) is 19.0 Å². The van der Waals surface area contributed by atoms with Crippen LogP contribution in [0.15, 0.2) is 48.5 Å². The van der Waals surface area contributed by atoms with Crippen LogP contribution in [-0.2, 0) is 4.79 Å². The highest BCUT2D eigenvalue weighted by molar-refractivity contribution is 5.95. The van der Waals surface area contributed by atoms with Crippen molar-refractivity contribution in [1.82, 2.24) is 4.90 Å². The molecule has 0 aliphatic rings. The van der Waals surface area contributed by atoms with Crippen LogP contribution < -0.4 is 9.47 Å². The molecule has 0 saturated carbocycles. The van der Waals surface area contributed by atoms with Crippen molar-refractivity contribution in [3.05, 3.63) is 59.7 Å². The zero-order valence-electron chi connectivity index (χ0n) is 15.5. The molecule has 0 fully saturated rings. The molecule has 0 aliphatic heterocycles. The zero-order chi connectivity index (χ0) is 18.9. The number of para-hydroxylation sites is 1. The summed E-state index contributed by atoms with van der Waals surface area (Å²) in [5.41, 5.74) is 1.71. The maximum atomic E-state index is 12.1. The normalized spacial score (nSPS) is 10.3. The van der Waals surface area contributed by atoms with Gasteiger partial charge in [0.25, 0.3) is 5.91 Å². The van der Waals surface area contributed by atoms with Crippen molar-refractivity contribution in [2.75, 3.05) is 26.8 Å². The third-order valence-corrected chi connectivity index (χ3v) is 4.06. The number of benzene rings is 2. The van der Waals surface area contributed by atoms with Crippen LogP contribution >= 0.6 is 0 Å². The topological polar surface area (TPSA) is 55.8 Å². The molecule has 5 heteroatoms. The average Bonchev–Trinajstić information content (AvgIpc) is 2.67. The number of Topliss-reactive ketones (excluding diaryl/α,β-unsaturated/α-hetero) is 1. The Balaban J connectivity index is 1.75. The van der Waals surface area contributed by atoms with Gasteiger partial charge in [0.2, 0.25) is 0 Å². The second-order valence-electron chi connectivity index (χ2n) is 6.02. The summed E-state index contributed by atoms with van der Waals surface area (Å²) in [6.07, 6.45) is 0.466. The van der Waals surface area contributed by atoms with Gasteiger partial charge in [-0.1, -0.05) is 25.1 Å². The van der Waals surface area contributed by atoms with E-state index >= 15 is 0 Å². The Kier molecular flexibility index (Phi) is 7.21. The maximum Gasteiger partial charge on any atom is 0.260 e. The molecule has 0 spiro atoms. The Morgan fingerprint density at radius 2 is 1.69 bits per heavy atom. The highest BCUT2D eigenvalue weighted by Crippen LogP contribution is 2.16. The largest absolute Gasteiger partial charge is 0.491 e. The maximum absolute atomic E-state index is 12.1. The van der Waals surface area contributed by atoms with Gasteiger partial charge < -0.3 is 14.4 Å². The molecule has 2 rings (SSSR count). The van der Waals surface area contributed by atoms with E-state index in [4.69, 9.17) is 9.47 Å². The third kappa shape index (κ3) is 5.62. The molecule has 2 aromatic rings. The second kappa shape index (κ2) is 9.61. The van der Waals surface area contributed by atoms with Crippen LogP contribution in [0, 0.1) is 6.92 Å². The van der Waals surface area contributed by atoms with E-state index in [1.807, 2.05) is 38.1 Å². The number of rotatable bonds is 9. The summed E-state index contributed by atoms with van der Waals surface area (Å²) in [4.78, 5) is 25.3. The van der Waals surface area contributed by atoms with Gasteiger partial charge in [-0.05, 0) is 42.8 Å². The highest BCUT2D eigenvalue weighted by atomic mass is 16.5. The molecule has 0 heterocycles. The first-order valence-corrected chi connectivity index (χ1v) is 8.69. The lowest BCUT2D eigenvalue weighted by Gasteiger charge is -2.18. The molecule has 26 heavy (non-hydrogen) atoms. The molecule has 0 saturated heterocycles. The summed E-state index contributed by atoms with van der Waals surface area (Å²) in [7, 11) is 1.72. The minimum atomic E-state index is -0.132. The predicted molar refractivity (Wildman–Crippen MR) is 101 cm³/mol. The van der Waals surface area contributed by atoms with Crippen molar-refractivity contribution in [3.8, 4) is 11.5 Å². The van der Waals surface area contributed by atoms with Gasteiger partial charge in [0.1, 0.15) is 18.1 Å². The minimum Gasteiger partial charge on any atom is -0.491 e. The number of carbonyl (C=O) groups excluding carboxylic acids is 2. The van der Waals surface area contributed by atoms with E-state index in [1.54, 1.807) is 36.2 Å². The van der Waals surface area contributed by atoms with Crippen molar-refractivity contribution in [2.45, 2.75) is 20.3 Å². The van der Waals surface area contributed by atoms with E-state index < -0.39 is 0 Å². The number of ether oxygens (including phenoxy) is 2. The smallest absolute Gasteiger partial charge is 0.260 e. The van der Waals surface area contributed by atoms with Gasteiger partial charge in [0.05, 0.1) is 6.54 Å². The second-order valence-corrected chi connectivity index (χ2v) is 6.02. The molecule has 5 nitrogen and oxygen atoms in total. The van der Waals surface area contributed by atoms with Crippen LogP contribution in [0.3, 0.4) is 0 Å². The molecule has 0 atom stereocenters. The molecule has 138 valence electrons. The SMILES string of the molecule is CCC(=O)c1ccc(OCC(=O)N(C)CCOc2ccccc2C)cc1. The fourth-order valence-corrected chi connectivity index (χ4v) is 2.33. The van der Waals surface area contributed by atoms with Gasteiger partial charge >= 0.3 is 0 Å². The molecular formula is C21H25NO4. The molecule has 0 aromatic heterocycles. The predicted octanol–water partition coefficient (Wildman–Crippen LogP) is 3.50. The molecule has 0 N–H and O–H groups in total. The number of aryl methyl sites for hydroxylation is 1. The average molecular weight is 355 g/mol. The fourth-order valence-electron chi connectivity index (χ4n) is 2.33. The number of hydrogen-bond donors (Lipinski definition) is 0. The number of carbonyl (C=O) groups is 2. The first-order chi connectivity index (χ1) is 12.5. The number of nitrogens with zero attached hydrogens (tertiary/aromatic N) is 1. The van der Waals surface area contributed by atoms with Gasteiger partial charge in [0.15, 0.2) is 12.4 Å². The number of hydrogen-bond acceptors (Lipinski definition) is 4. The van der Waals surface area contributed by atoms with Crippen LogP contribution in [0.2, 0.25) is 0 Å². The first kappa shape index (κ1) is 19.5. The highest BCUT2D eigenvalue weighted by Gasteiger charge is 2.10. The molecular weight excluding hydrogens is 330 g/mol. The monoisotopic (exact) mass is 355 g/mol. The number of ketones is 1. The van der Waals surface area contributed by atoms with Gasteiger partial charge in [-0.25, -0.2) is 0 Å². The fraction of sp³-hybridized carbons (Fsp3) is 0.333.